The Morgan fingerprint density at radius 2 is 1.71 bits per heavy atom. The molecule has 0 fully saturated rings. The summed E-state index contributed by atoms with van der Waals surface area (Å²) in [6.45, 7) is 0. The number of aromatic nitrogens is 2. The summed E-state index contributed by atoms with van der Waals surface area (Å²) in [6, 6.07) is 4.77. The molecule has 1 heterocycles. The highest BCUT2D eigenvalue weighted by Gasteiger charge is 2.09. The summed E-state index contributed by atoms with van der Waals surface area (Å²) < 4.78 is 30.5. The molecule has 1 aromatic heterocycles. The molecule has 9 nitrogen and oxygen atoms in total. The smallest absolute Gasteiger partial charge is 0.294 e. The molecule has 0 atom stereocenters. The quantitative estimate of drug-likeness (QED) is 0.383. The van der Waals surface area contributed by atoms with E-state index >= 15 is 0 Å². The van der Waals surface area contributed by atoms with Crippen molar-refractivity contribution >= 4 is 33.7 Å². The van der Waals surface area contributed by atoms with Crippen molar-refractivity contribution < 1.29 is 18.1 Å². The number of benzene rings is 1. The van der Waals surface area contributed by atoms with Gasteiger partial charge in [-0.1, -0.05) is 0 Å². The summed E-state index contributed by atoms with van der Waals surface area (Å²) in [6.07, 6.45) is 0. The zero-order valence-corrected chi connectivity index (χ0v) is 11.8. The number of aromatic amines is 2. The molecule has 21 heavy (non-hydrogen) atoms. The first-order valence-electron chi connectivity index (χ1n) is 5.32. The van der Waals surface area contributed by atoms with Gasteiger partial charge in [-0.25, -0.2) is 0 Å². The van der Waals surface area contributed by atoms with Gasteiger partial charge in [0, 0.05) is 0 Å². The van der Waals surface area contributed by atoms with Crippen molar-refractivity contribution in [3.8, 4) is 5.88 Å². The number of H-pyrrole nitrogens is 2. The SMILES string of the molecule is O=c1[nH]c(=S)[nH]c(O)c1N=Nc1ccc(S(=O)(=O)O)cc1. The fourth-order valence-corrected chi connectivity index (χ4v) is 2.02. The van der Waals surface area contributed by atoms with Gasteiger partial charge in [0.15, 0.2) is 4.77 Å². The summed E-state index contributed by atoms with van der Waals surface area (Å²) in [4.78, 5) is 15.7. The second-order valence-electron chi connectivity index (χ2n) is 3.77. The van der Waals surface area contributed by atoms with Gasteiger partial charge < -0.3 is 10.1 Å². The Labute approximate surface area is 122 Å². The standard InChI is InChI=1S/C10H8N4O5S2/c15-8-7(9(16)12-10(20)11-8)14-13-5-1-3-6(4-2-5)21(17,18)19/h1-4H,(H,17,18,19)(H3,11,12,15,16,20). The van der Waals surface area contributed by atoms with Crippen molar-refractivity contribution in [2.75, 3.05) is 0 Å². The summed E-state index contributed by atoms with van der Waals surface area (Å²) in [5.41, 5.74) is -0.888. The number of nitrogens with one attached hydrogen (secondary N) is 2. The molecular weight excluding hydrogens is 320 g/mol. The molecule has 1 aromatic carbocycles. The first kappa shape index (κ1) is 15.0. The second-order valence-corrected chi connectivity index (χ2v) is 5.60. The zero-order valence-electron chi connectivity index (χ0n) is 10.1. The number of rotatable bonds is 3. The summed E-state index contributed by atoms with van der Waals surface area (Å²) in [5, 5.41) is 16.7. The normalized spacial score (nSPS) is 11.9. The van der Waals surface area contributed by atoms with E-state index in [9.17, 15) is 18.3 Å². The Kier molecular flexibility index (Phi) is 3.97. The van der Waals surface area contributed by atoms with E-state index in [1.165, 1.54) is 12.1 Å². The Balaban J connectivity index is 2.35. The minimum absolute atomic E-state index is 0.0612. The Morgan fingerprint density at radius 3 is 2.24 bits per heavy atom. The van der Waals surface area contributed by atoms with Crippen molar-refractivity contribution in [1.82, 2.24) is 9.97 Å². The first-order valence-corrected chi connectivity index (χ1v) is 7.17. The van der Waals surface area contributed by atoms with Crippen LogP contribution in [0.25, 0.3) is 0 Å². The maximum atomic E-state index is 11.5. The van der Waals surface area contributed by atoms with Crippen molar-refractivity contribution in [3.63, 3.8) is 0 Å². The van der Waals surface area contributed by atoms with E-state index in [2.05, 4.69) is 32.4 Å². The van der Waals surface area contributed by atoms with Crippen LogP contribution in [0, 0.1) is 4.77 Å². The lowest BCUT2D eigenvalue weighted by atomic mass is 10.3. The number of hydrogen-bond donors (Lipinski definition) is 4. The molecule has 0 aliphatic carbocycles. The molecule has 2 rings (SSSR count). The molecule has 11 heteroatoms. The lowest BCUT2D eigenvalue weighted by Gasteiger charge is -1.98. The van der Waals surface area contributed by atoms with Gasteiger partial charge in [-0.2, -0.15) is 13.5 Å². The average Bonchev–Trinajstić information content (AvgIpc) is 2.37. The highest BCUT2D eigenvalue weighted by molar-refractivity contribution is 7.85. The van der Waals surface area contributed by atoms with E-state index < -0.39 is 21.6 Å². The molecule has 0 unspecified atom stereocenters. The Morgan fingerprint density at radius 1 is 1.10 bits per heavy atom. The topological polar surface area (TPSA) is 148 Å². The molecule has 0 saturated carbocycles. The number of azo groups is 1. The molecule has 4 N–H and O–H groups in total. The van der Waals surface area contributed by atoms with Gasteiger partial charge in [0.05, 0.1) is 10.6 Å². The average molecular weight is 328 g/mol. The summed E-state index contributed by atoms with van der Waals surface area (Å²) >= 11 is 4.65. The lowest BCUT2D eigenvalue weighted by molar-refractivity contribution is 0.451. The molecule has 110 valence electrons. The molecule has 2 aromatic rings. The minimum atomic E-state index is -4.29. The van der Waals surface area contributed by atoms with Crippen LogP contribution in [-0.4, -0.2) is 28.0 Å². The van der Waals surface area contributed by atoms with Crippen LogP contribution < -0.4 is 5.56 Å². The molecule has 0 aliphatic rings. The monoisotopic (exact) mass is 328 g/mol. The Hall–Kier alpha value is -2.37. The zero-order chi connectivity index (χ0) is 15.6. The maximum absolute atomic E-state index is 11.5. The van der Waals surface area contributed by atoms with E-state index in [1.807, 2.05) is 0 Å². The van der Waals surface area contributed by atoms with E-state index in [0.717, 1.165) is 12.1 Å². The number of hydrogen-bond acceptors (Lipinski definition) is 7. The predicted octanol–water partition coefficient (Wildman–Crippen LogP) is 1.80. The van der Waals surface area contributed by atoms with Gasteiger partial charge in [-0.05, 0) is 36.5 Å². The highest BCUT2D eigenvalue weighted by Crippen LogP contribution is 2.22. The lowest BCUT2D eigenvalue weighted by Crippen LogP contribution is -2.06. The van der Waals surface area contributed by atoms with Crippen molar-refractivity contribution in [1.29, 1.82) is 0 Å². The largest absolute Gasteiger partial charge is 0.493 e. The van der Waals surface area contributed by atoms with Crippen molar-refractivity contribution in [2.24, 2.45) is 10.2 Å². The van der Waals surface area contributed by atoms with Crippen LogP contribution >= 0.6 is 12.2 Å². The summed E-state index contributed by atoms with van der Waals surface area (Å²) in [5.74, 6) is -0.540. The molecule has 0 saturated heterocycles. The summed E-state index contributed by atoms with van der Waals surface area (Å²) in [7, 11) is -4.29. The van der Waals surface area contributed by atoms with Gasteiger partial charge in [-0.15, -0.1) is 5.11 Å². The van der Waals surface area contributed by atoms with Crippen LogP contribution in [0.5, 0.6) is 5.88 Å². The van der Waals surface area contributed by atoms with Crippen LogP contribution in [-0.2, 0) is 10.1 Å². The van der Waals surface area contributed by atoms with Gasteiger partial charge in [0.2, 0.25) is 11.6 Å². The molecular formula is C10H8N4O5S2. The van der Waals surface area contributed by atoms with Crippen LogP contribution in [0.4, 0.5) is 11.4 Å². The third kappa shape index (κ3) is 3.59. The van der Waals surface area contributed by atoms with Crippen LogP contribution in [0.3, 0.4) is 0 Å². The van der Waals surface area contributed by atoms with Gasteiger partial charge in [-0.3, -0.25) is 14.3 Å². The minimum Gasteiger partial charge on any atom is -0.493 e. The van der Waals surface area contributed by atoms with Crippen LogP contribution in [0.15, 0.2) is 44.2 Å². The van der Waals surface area contributed by atoms with Gasteiger partial charge >= 0.3 is 0 Å². The predicted molar refractivity (Wildman–Crippen MR) is 74.3 cm³/mol. The van der Waals surface area contributed by atoms with Gasteiger partial charge in [0.25, 0.3) is 15.7 Å². The number of nitrogens with zero attached hydrogens (tertiary/aromatic N) is 2. The third-order valence-electron chi connectivity index (χ3n) is 2.30. The van der Waals surface area contributed by atoms with Crippen molar-refractivity contribution in [3.05, 3.63) is 39.4 Å². The fraction of sp³-hybridized carbons (Fsp3) is 0. The molecule has 0 amide bonds. The highest BCUT2D eigenvalue weighted by atomic mass is 32.2. The van der Waals surface area contributed by atoms with E-state index in [4.69, 9.17) is 4.55 Å². The van der Waals surface area contributed by atoms with Crippen molar-refractivity contribution in [2.45, 2.75) is 4.90 Å². The number of aromatic hydroxyl groups is 1. The molecule has 0 bridgehead atoms. The van der Waals surface area contributed by atoms with E-state index in [0.29, 0.717) is 0 Å². The Bertz CT molecular complexity index is 912. The molecule has 0 radical (unpaired) electrons. The van der Waals surface area contributed by atoms with Gasteiger partial charge in [0.1, 0.15) is 0 Å². The maximum Gasteiger partial charge on any atom is 0.294 e. The van der Waals surface area contributed by atoms with Crippen LogP contribution in [0.1, 0.15) is 0 Å². The molecule has 0 spiro atoms. The molecule has 0 aliphatic heterocycles. The van der Waals surface area contributed by atoms with E-state index in [1.54, 1.807) is 0 Å². The fourth-order valence-electron chi connectivity index (χ4n) is 1.35. The first-order chi connectivity index (χ1) is 9.77. The van der Waals surface area contributed by atoms with E-state index in [-0.39, 0.29) is 21.0 Å². The van der Waals surface area contributed by atoms with Crippen LogP contribution in [0.2, 0.25) is 0 Å². The third-order valence-corrected chi connectivity index (χ3v) is 3.37. The second kappa shape index (κ2) is 5.55.